The number of rotatable bonds is 3. The summed E-state index contributed by atoms with van der Waals surface area (Å²) in [7, 11) is 1.71. The van der Waals surface area contributed by atoms with Crippen LogP contribution in [0.1, 0.15) is 32.5 Å². The van der Waals surface area contributed by atoms with E-state index in [-0.39, 0.29) is 6.04 Å². The zero-order chi connectivity index (χ0) is 14.1. The summed E-state index contributed by atoms with van der Waals surface area (Å²) in [6, 6.07) is 8.40. The summed E-state index contributed by atoms with van der Waals surface area (Å²) in [6.45, 7) is 2.09. The molecule has 0 saturated heterocycles. The van der Waals surface area contributed by atoms with Crippen molar-refractivity contribution in [1.82, 2.24) is 0 Å². The second kappa shape index (κ2) is 5.80. The first-order valence-corrected chi connectivity index (χ1v) is 8.75. The Hall–Kier alpha value is -0.970. The van der Waals surface area contributed by atoms with Gasteiger partial charge in [-0.05, 0) is 36.8 Å². The predicted molar refractivity (Wildman–Crippen MR) is 87.9 cm³/mol. The SMILES string of the molecule is COc1ccc(C)cc1C(N)c1cc2c(s1)CCSC2. The third-order valence-electron chi connectivity index (χ3n) is 3.67. The van der Waals surface area contributed by atoms with E-state index in [0.29, 0.717) is 0 Å². The van der Waals surface area contributed by atoms with E-state index in [2.05, 4.69) is 25.1 Å². The zero-order valence-electron chi connectivity index (χ0n) is 11.8. The summed E-state index contributed by atoms with van der Waals surface area (Å²) in [4.78, 5) is 2.77. The topological polar surface area (TPSA) is 35.2 Å². The summed E-state index contributed by atoms with van der Waals surface area (Å²) in [6.07, 6.45) is 1.18. The number of fused-ring (bicyclic) bond motifs is 1. The molecule has 20 heavy (non-hydrogen) atoms. The van der Waals surface area contributed by atoms with Gasteiger partial charge in [-0.3, -0.25) is 0 Å². The van der Waals surface area contributed by atoms with Gasteiger partial charge in [0, 0.05) is 21.1 Å². The lowest BCUT2D eigenvalue weighted by molar-refractivity contribution is 0.408. The maximum Gasteiger partial charge on any atom is 0.124 e. The number of thiophene rings is 1. The molecule has 0 bridgehead atoms. The largest absolute Gasteiger partial charge is 0.496 e. The van der Waals surface area contributed by atoms with Gasteiger partial charge in [0.15, 0.2) is 0 Å². The predicted octanol–water partition coefficient (Wildman–Crippen LogP) is 3.90. The number of benzene rings is 1. The summed E-state index contributed by atoms with van der Waals surface area (Å²) < 4.78 is 5.47. The molecule has 3 rings (SSSR count). The average Bonchev–Trinajstić information content (AvgIpc) is 2.90. The molecular weight excluding hydrogens is 286 g/mol. The first-order valence-electron chi connectivity index (χ1n) is 6.78. The molecule has 1 atom stereocenters. The number of hydrogen-bond donors (Lipinski definition) is 1. The van der Waals surface area contributed by atoms with Gasteiger partial charge in [-0.25, -0.2) is 0 Å². The Morgan fingerprint density at radius 1 is 1.30 bits per heavy atom. The quantitative estimate of drug-likeness (QED) is 0.934. The van der Waals surface area contributed by atoms with E-state index in [9.17, 15) is 0 Å². The van der Waals surface area contributed by atoms with Gasteiger partial charge in [0.05, 0.1) is 13.2 Å². The summed E-state index contributed by atoms with van der Waals surface area (Å²) in [5.41, 5.74) is 10.3. The molecule has 1 aliphatic rings. The maximum absolute atomic E-state index is 6.50. The van der Waals surface area contributed by atoms with Crippen molar-refractivity contribution in [2.45, 2.75) is 25.1 Å². The van der Waals surface area contributed by atoms with Crippen LogP contribution in [0.4, 0.5) is 0 Å². The third kappa shape index (κ3) is 2.60. The van der Waals surface area contributed by atoms with Crippen LogP contribution >= 0.6 is 23.1 Å². The number of hydrogen-bond acceptors (Lipinski definition) is 4. The van der Waals surface area contributed by atoms with Gasteiger partial charge in [0.1, 0.15) is 5.75 Å². The van der Waals surface area contributed by atoms with E-state index < -0.39 is 0 Å². The second-order valence-corrected chi connectivity index (χ2v) is 7.40. The molecule has 0 aliphatic carbocycles. The summed E-state index contributed by atoms with van der Waals surface area (Å²) >= 11 is 3.88. The Morgan fingerprint density at radius 2 is 2.15 bits per heavy atom. The Bertz CT molecular complexity index is 597. The highest BCUT2D eigenvalue weighted by molar-refractivity contribution is 7.98. The zero-order valence-corrected chi connectivity index (χ0v) is 13.4. The van der Waals surface area contributed by atoms with Crippen molar-refractivity contribution in [3.05, 3.63) is 50.7 Å². The van der Waals surface area contributed by atoms with Crippen LogP contribution in [-0.4, -0.2) is 12.9 Å². The molecule has 0 spiro atoms. The van der Waals surface area contributed by atoms with Crippen molar-refractivity contribution in [2.24, 2.45) is 5.73 Å². The third-order valence-corrected chi connectivity index (χ3v) is 6.00. The van der Waals surface area contributed by atoms with Crippen LogP contribution < -0.4 is 10.5 Å². The van der Waals surface area contributed by atoms with Crippen LogP contribution in [0, 0.1) is 6.92 Å². The van der Waals surface area contributed by atoms with Crippen LogP contribution in [0.15, 0.2) is 24.3 Å². The van der Waals surface area contributed by atoms with Crippen LogP contribution in [0.25, 0.3) is 0 Å². The monoisotopic (exact) mass is 305 g/mol. The Kier molecular flexibility index (Phi) is 4.06. The smallest absolute Gasteiger partial charge is 0.124 e. The number of thioether (sulfide) groups is 1. The fourth-order valence-corrected chi connectivity index (χ4v) is 4.97. The summed E-state index contributed by atoms with van der Waals surface area (Å²) in [5.74, 6) is 3.24. The van der Waals surface area contributed by atoms with Crippen molar-refractivity contribution in [2.75, 3.05) is 12.9 Å². The lowest BCUT2D eigenvalue weighted by atomic mass is 10.0. The summed E-state index contributed by atoms with van der Waals surface area (Å²) in [5, 5.41) is 0. The highest BCUT2D eigenvalue weighted by Gasteiger charge is 2.20. The molecule has 0 radical (unpaired) electrons. The van der Waals surface area contributed by atoms with Gasteiger partial charge in [-0.15, -0.1) is 11.3 Å². The molecule has 0 fully saturated rings. The van der Waals surface area contributed by atoms with Gasteiger partial charge in [-0.1, -0.05) is 17.7 Å². The van der Waals surface area contributed by atoms with Gasteiger partial charge in [-0.2, -0.15) is 11.8 Å². The van der Waals surface area contributed by atoms with Gasteiger partial charge in [0.25, 0.3) is 0 Å². The maximum atomic E-state index is 6.50. The number of aryl methyl sites for hydroxylation is 2. The highest BCUT2D eigenvalue weighted by atomic mass is 32.2. The number of nitrogens with two attached hydrogens (primary N) is 1. The minimum absolute atomic E-state index is 0.0922. The molecule has 0 amide bonds. The van der Waals surface area contributed by atoms with Crippen LogP contribution in [0.2, 0.25) is 0 Å². The van der Waals surface area contributed by atoms with Crippen molar-refractivity contribution >= 4 is 23.1 Å². The molecule has 2 aromatic rings. The molecule has 1 aromatic heterocycles. The molecule has 2 nitrogen and oxygen atoms in total. The van der Waals surface area contributed by atoms with Gasteiger partial charge >= 0.3 is 0 Å². The first-order chi connectivity index (χ1) is 9.69. The van der Waals surface area contributed by atoms with Gasteiger partial charge < -0.3 is 10.5 Å². The molecule has 1 unspecified atom stereocenters. The molecule has 0 saturated carbocycles. The average molecular weight is 305 g/mol. The van der Waals surface area contributed by atoms with E-state index >= 15 is 0 Å². The van der Waals surface area contributed by atoms with Crippen LogP contribution in [0.5, 0.6) is 5.75 Å². The Labute approximate surface area is 128 Å². The van der Waals surface area contributed by atoms with Crippen LogP contribution in [0.3, 0.4) is 0 Å². The molecule has 1 aromatic carbocycles. The lowest BCUT2D eigenvalue weighted by Crippen LogP contribution is -2.12. The Morgan fingerprint density at radius 3 is 2.90 bits per heavy atom. The Balaban J connectivity index is 1.97. The molecule has 4 heteroatoms. The van der Waals surface area contributed by atoms with Crippen molar-refractivity contribution in [3.8, 4) is 5.75 Å². The fraction of sp³-hybridized carbons (Fsp3) is 0.375. The minimum atomic E-state index is -0.0922. The van der Waals surface area contributed by atoms with E-state index in [1.807, 2.05) is 29.2 Å². The number of ether oxygens (including phenoxy) is 1. The molecule has 1 aliphatic heterocycles. The fourth-order valence-electron chi connectivity index (χ4n) is 2.57. The first kappa shape index (κ1) is 14.0. The number of methoxy groups -OCH3 is 1. The van der Waals surface area contributed by atoms with E-state index in [0.717, 1.165) is 17.1 Å². The molecule has 106 valence electrons. The van der Waals surface area contributed by atoms with Crippen molar-refractivity contribution in [3.63, 3.8) is 0 Å². The minimum Gasteiger partial charge on any atom is -0.496 e. The molecule has 2 heterocycles. The van der Waals surface area contributed by atoms with Crippen LogP contribution in [-0.2, 0) is 12.2 Å². The van der Waals surface area contributed by atoms with Crippen molar-refractivity contribution < 1.29 is 4.74 Å². The van der Waals surface area contributed by atoms with E-state index in [1.54, 1.807) is 7.11 Å². The second-order valence-electron chi connectivity index (χ2n) is 5.12. The van der Waals surface area contributed by atoms with Gasteiger partial charge in [0.2, 0.25) is 0 Å². The van der Waals surface area contributed by atoms with E-state index in [1.165, 1.54) is 33.1 Å². The normalized spacial score (nSPS) is 15.8. The lowest BCUT2D eigenvalue weighted by Gasteiger charge is -2.15. The van der Waals surface area contributed by atoms with Crippen molar-refractivity contribution in [1.29, 1.82) is 0 Å². The standard InChI is InChI=1S/C16H19NOS2/c1-10-3-4-13(18-2)12(7-10)16(17)15-8-11-9-19-6-5-14(11)20-15/h3-4,7-8,16H,5-6,9,17H2,1-2H3. The van der Waals surface area contributed by atoms with E-state index in [4.69, 9.17) is 10.5 Å². The molecule has 2 N–H and O–H groups in total. The molecular formula is C16H19NOS2. The highest BCUT2D eigenvalue weighted by Crippen LogP contribution is 2.37.